The largest absolute Gasteiger partial charge is 0.309 e. The molecule has 0 unspecified atom stereocenters. The Morgan fingerprint density at radius 1 is 1.33 bits per heavy atom. The standard InChI is InChI=1S/C15H17F2N3O2S2/c1-20-13(7-10-5-6-24(21,22)9-10)18-19-15(20)23-8-11-3-2-4-12(16)14(11)17/h2-4,10H,5-9H2,1H3/t10-/m0/s1. The monoisotopic (exact) mass is 373 g/mol. The first-order chi connectivity index (χ1) is 11.4. The highest BCUT2D eigenvalue weighted by Gasteiger charge is 2.29. The molecular weight excluding hydrogens is 356 g/mol. The summed E-state index contributed by atoms with van der Waals surface area (Å²) >= 11 is 1.27. The average molecular weight is 373 g/mol. The molecule has 5 nitrogen and oxygen atoms in total. The van der Waals surface area contributed by atoms with Gasteiger partial charge in [0.1, 0.15) is 5.82 Å². The van der Waals surface area contributed by atoms with Crippen molar-refractivity contribution in [2.45, 2.75) is 23.8 Å². The molecule has 1 atom stereocenters. The van der Waals surface area contributed by atoms with Gasteiger partial charge in [0, 0.05) is 24.8 Å². The SMILES string of the molecule is Cn1c(C[C@@H]2CCS(=O)(=O)C2)nnc1SCc1cccc(F)c1F. The minimum absolute atomic E-state index is 0.0661. The van der Waals surface area contributed by atoms with Gasteiger partial charge in [-0.1, -0.05) is 23.9 Å². The van der Waals surface area contributed by atoms with Gasteiger partial charge >= 0.3 is 0 Å². The van der Waals surface area contributed by atoms with Crippen LogP contribution in [0.1, 0.15) is 17.8 Å². The van der Waals surface area contributed by atoms with Crippen LogP contribution in [0.2, 0.25) is 0 Å². The van der Waals surface area contributed by atoms with E-state index < -0.39 is 21.5 Å². The van der Waals surface area contributed by atoms with Gasteiger partial charge in [-0.25, -0.2) is 17.2 Å². The summed E-state index contributed by atoms with van der Waals surface area (Å²) in [6, 6.07) is 4.09. The summed E-state index contributed by atoms with van der Waals surface area (Å²) in [5.41, 5.74) is 0.270. The number of sulfone groups is 1. The van der Waals surface area contributed by atoms with Crippen molar-refractivity contribution >= 4 is 21.6 Å². The van der Waals surface area contributed by atoms with E-state index in [1.54, 1.807) is 11.6 Å². The number of thioether (sulfide) groups is 1. The van der Waals surface area contributed by atoms with Gasteiger partial charge in [0.2, 0.25) is 0 Å². The Kier molecular flexibility index (Phi) is 4.91. The minimum atomic E-state index is -2.92. The van der Waals surface area contributed by atoms with E-state index in [9.17, 15) is 17.2 Å². The second kappa shape index (κ2) is 6.79. The maximum Gasteiger partial charge on any atom is 0.191 e. The summed E-state index contributed by atoms with van der Waals surface area (Å²) in [6.45, 7) is 0. The Balaban J connectivity index is 1.66. The van der Waals surface area contributed by atoms with Crippen LogP contribution in [-0.2, 0) is 29.1 Å². The van der Waals surface area contributed by atoms with Gasteiger partial charge < -0.3 is 4.57 Å². The Morgan fingerprint density at radius 3 is 2.83 bits per heavy atom. The van der Waals surface area contributed by atoms with E-state index in [4.69, 9.17) is 0 Å². The zero-order chi connectivity index (χ0) is 17.3. The minimum Gasteiger partial charge on any atom is -0.309 e. The molecule has 1 aliphatic heterocycles. The molecule has 1 saturated heterocycles. The van der Waals surface area contributed by atoms with Crippen LogP contribution in [0.3, 0.4) is 0 Å². The molecule has 0 N–H and O–H groups in total. The van der Waals surface area contributed by atoms with E-state index in [2.05, 4.69) is 10.2 Å². The highest BCUT2D eigenvalue weighted by atomic mass is 32.2. The van der Waals surface area contributed by atoms with E-state index in [1.807, 2.05) is 0 Å². The number of hydrogen-bond donors (Lipinski definition) is 0. The van der Waals surface area contributed by atoms with Crippen molar-refractivity contribution in [1.29, 1.82) is 0 Å². The van der Waals surface area contributed by atoms with Crippen LogP contribution in [0, 0.1) is 17.6 Å². The number of halogens is 2. The van der Waals surface area contributed by atoms with Crippen LogP contribution in [0.15, 0.2) is 23.4 Å². The zero-order valence-corrected chi connectivity index (χ0v) is 14.7. The lowest BCUT2D eigenvalue weighted by molar-refractivity contribution is 0.502. The smallest absolute Gasteiger partial charge is 0.191 e. The fraction of sp³-hybridized carbons (Fsp3) is 0.467. The maximum absolute atomic E-state index is 13.7. The number of benzene rings is 1. The van der Waals surface area contributed by atoms with E-state index in [0.29, 0.717) is 23.8 Å². The van der Waals surface area contributed by atoms with Crippen LogP contribution in [0.25, 0.3) is 0 Å². The van der Waals surface area contributed by atoms with Gasteiger partial charge in [-0.2, -0.15) is 0 Å². The normalized spacial score (nSPS) is 19.7. The van der Waals surface area contributed by atoms with Gasteiger partial charge in [0.25, 0.3) is 0 Å². The number of nitrogens with zero attached hydrogens (tertiary/aromatic N) is 3. The molecule has 1 aliphatic rings. The molecule has 1 fully saturated rings. The molecule has 2 heterocycles. The second-order valence-electron chi connectivity index (χ2n) is 5.93. The molecule has 3 rings (SSSR count). The van der Waals surface area contributed by atoms with Crippen LogP contribution >= 0.6 is 11.8 Å². The molecule has 1 aromatic heterocycles. The Labute approximate surface area is 143 Å². The summed E-state index contributed by atoms with van der Waals surface area (Å²) in [6.07, 6.45) is 1.20. The quantitative estimate of drug-likeness (QED) is 0.753. The van der Waals surface area contributed by atoms with Gasteiger partial charge in [0.05, 0.1) is 11.5 Å². The molecule has 0 spiro atoms. The van der Waals surface area contributed by atoms with Gasteiger partial charge in [0.15, 0.2) is 26.6 Å². The molecule has 2 aromatic rings. The highest BCUT2D eigenvalue weighted by molar-refractivity contribution is 7.98. The van der Waals surface area contributed by atoms with Crippen molar-refractivity contribution in [2.24, 2.45) is 13.0 Å². The first kappa shape index (κ1) is 17.3. The summed E-state index contributed by atoms with van der Waals surface area (Å²) in [4.78, 5) is 0. The van der Waals surface area contributed by atoms with Crippen molar-refractivity contribution in [3.8, 4) is 0 Å². The van der Waals surface area contributed by atoms with Gasteiger partial charge in [-0.05, 0) is 18.4 Å². The Morgan fingerprint density at radius 2 is 2.12 bits per heavy atom. The first-order valence-electron chi connectivity index (χ1n) is 7.50. The van der Waals surface area contributed by atoms with Crippen molar-refractivity contribution in [3.05, 3.63) is 41.2 Å². The van der Waals surface area contributed by atoms with Crippen molar-refractivity contribution in [2.75, 3.05) is 11.5 Å². The summed E-state index contributed by atoms with van der Waals surface area (Å²) < 4.78 is 51.7. The average Bonchev–Trinajstić information content (AvgIpc) is 3.04. The lowest BCUT2D eigenvalue weighted by Gasteiger charge is -2.08. The van der Waals surface area contributed by atoms with E-state index >= 15 is 0 Å². The van der Waals surface area contributed by atoms with Crippen LogP contribution in [0.5, 0.6) is 0 Å². The molecule has 9 heteroatoms. The Bertz CT molecular complexity index is 852. The van der Waals surface area contributed by atoms with E-state index in [-0.39, 0.29) is 28.7 Å². The fourth-order valence-corrected chi connectivity index (χ4v) is 5.51. The molecular formula is C15H17F2N3O2S2. The van der Waals surface area contributed by atoms with Crippen LogP contribution < -0.4 is 0 Å². The fourth-order valence-electron chi connectivity index (χ4n) is 2.74. The number of rotatable bonds is 5. The van der Waals surface area contributed by atoms with Crippen molar-refractivity contribution < 1.29 is 17.2 Å². The molecule has 0 amide bonds. The van der Waals surface area contributed by atoms with Crippen molar-refractivity contribution in [3.63, 3.8) is 0 Å². The van der Waals surface area contributed by atoms with Crippen LogP contribution in [-0.4, -0.2) is 34.7 Å². The maximum atomic E-state index is 13.7. The third kappa shape index (κ3) is 3.77. The molecule has 1 aromatic carbocycles. The molecule has 0 saturated carbocycles. The molecule has 24 heavy (non-hydrogen) atoms. The second-order valence-corrected chi connectivity index (χ2v) is 9.10. The predicted octanol–water partition coefficient (Wildman–Crippen LogP) is 2.36. The number of aromatic nitrogens is 3. The lowest BCUT2D eigenvalue weighted by Crippen LogP contribution is -2.11. The zero-order valence-electron chi connectivity index (χ0n) is 13.1. The summed E-state index contributed by atoms with van der Waals surface area (Å²) in [5, 5.41) is 8.77. The molecule has 0 bridgehead atoms. The molecule has 0 radical (unpaired) electrons. The topological polar surface area (TPSA) is 64.8 Å². The first-order valence-corrected chi connectivity index (χ1v) is 10.3. The summed E-state index contributed by atoms with van der Waals surface area (Å²) in [5.74, 6) is -0.270. The third-order valence-corrected chi connectivity index (χ3v) is 7.02. The van der Waals surface area contributed by atoms with Crippen LogP contribution in [0.4, 0.5) is 8.78 Å². The Hall–Kier alpha value is -1.48. The van der Waals surface area contributed by atoms with Crippen molar-refractivity contribution in [1.82, 2.24) is 14.8 Å². The highest BCUT2D eigenvalue weighted by Crippen LogP contribution is 2.26. The lowest BCUT2D eigenvalue weighted by atomic mass is 10.1. The predicted molar refractivity (Wildman–Crippen MR) is 87.4 cm³/mol. The van der Waals surface area contributed by atoms with E-state index in [1.165, 1.54) is 23.9 Å². The number of hydrogen-bond acceptors (Lipinski definition) is 5. The van der Waals surface area contributed by atoms with E-state index in [0.717, 1.165) is 6.07 Å². The molecule has 130 valence electrons. The molecule has 0 aliphatic carbocycles. The van der Waals surface area contributed by atoms with Gasteiger partial charge in [-0.3, -0.25) is 0 Å². The van der Waals surface area contributed by atoms with Gasteiger partial charge in [-0.15, -0.1) is 10.2 Å². The third-order valence-electron chi connectivity index (χ3n) is 4.11. The summed E-state index contributed by atoms with van der Waals surface area (Å²) in [7, 11) is -1.12.